The second kappa shape index (κ2) is 7.07. The van der Waals surface area contributed by atoms with Crippen molar-refractivity contribution in [3.8, 4) is 5.82 Å². The Morgan fingerprint density at radius 2 is 1.77 bits per heavy atom. The number of rotatable bonds is 3. The second-order valence-electron chi connectivity index (χ2n) is 7.61. The Kier molecular flexibility index (Phi) is 4.49. The van der Waals surface area contributed by atoms with Crippen molar-refractivity contribution in [2.24, 2.45) is 0 Å². The van der Waals surface area contributed by atoms with Crippen LogP contribution in [0.4, 0.5) is 10.9 Å². The molecule has 0 saturated carbocycles. The van der Waals surface area contributed by atoms with Gasteiger partial charge < -0.3 is 5.32 Å². The summed E-state index contributed by atoms with van der Waals surface area (Å²) >= 11 is 7.68. The molecule has 0 radical (unpaired) electrons. The lowest BCUT2D eigenvalue weighted by Gasteiger charge is -2.12. The Bertz CT molecular complexity index is 1430. The molecule has 7 heteroatoms. The van der Waals surface area contributed by atoms with Crippen LogP contribution in [-0.2, 0) is 0 Å². The lowest BCUT2D eigenvalue weighted by Crippen LogP contribution is -2.06. The average Bonchev–Trinajstić information content (AvgIpc) is 3.24. The van der Waals surface area contributed by atoms with Gasteiger partial charge in [0.05, 0.1) is 21.4 Å². The van der Waals surface area contributed by atoms with Crippen LogP contribution in [0.15, 0.2) is 42.5 Å². The van der Waals surface area contributed by atoms with Gasteiger partial charge in [-0.25, -0.2) is 9.97 Å². The molecule has 0 aliphatic carbocycles. The van der Waals surface area contributed by atoms with Crippen LogP contribution < -0.4 is 5.32 Å². The normalized spacial score (nSPS) is 11.5. The minimum absolute atomic E-state index is 0.708. The van der Waals surface area contributed by atoms with Gasteiger partial charge in [0, 0.05) is 16.5 Å². The number of aryl methyl sites for hydroxylation is 4. The third-order valence-electron chi connectivity index (χ3n) is 5.08. The predicted octanol–water partition coefficient (Wildman–Crippen LogP) is 6.66. The molecule has 5 nitrogen and oxygen atoms in total. The fourth-order valence-corrected chi connectivity index (χ4v) is 4.91. The van der Waals surface area contributed by atoms with Gasteiger partial charge >= 0.3 is 0 Å². The molecule has 1 N–H and O–H groups in total. The number of nitrogens with one attached hydrogen (secondary N) is 1. The maximum atomic E-state index is 6.12. The fraction of sp³-hybridized carbons (Fsp3) is 0.174. The van der Waals surface area contributed by atoms with E-state index in [0.717, 1.165) is 43.8 Å². The number of thiazole rings is 1. The van der Waals surface area contributed by atoms with Crippen molar-refractivity contribution in [2.75, 3.05) is 5.32 Å². The Morgan fingerprint density at radius 1 is 0.933 bits per heavy atom. The van der Waals surface area contributed by atoms with E-state index in [1.807, 2.05) is 35.9 Å². The molecule has 3 aromatic heterocycles. The first-order valence-corrected chi connectivity index (χ1v) is 10.9. The van der Waals surface area contributed by atoms with Gasteiger partial charge in [0.25, 0.3) is 0 Å². The summed E-state index contributed by atoms with van der Waals surface area (Å²) in [4.78, 5) is 9.61. The first kappa shape index (κ1) is 19.0. The Labute approximate surface area is 183 Å². The summed E-state index contributed by atoms with van der Waals surface area (Å²) in [5.41, 5.74) is 6.41. The molecular formula is C23H20ClN5S. The summed E-state index contributed by atoms with van der Waals surface area (Å²) in [6.07, 6.45) is 0. The summed E-state index contributed by atoms with van der Waals surface area (Å²) in [5, 5.41) is 10.8. The zero-order chi connectivity index (χ0) is 21.0. The molecule has 0 aliphatic rings. The third kappa shape index (κ3) is 3.32. The van der Waals surface area contributed by atoms with E-state index in [0.29, 0.717) is 5.02 Å². The van der Waals surface area contributed by atoms with Gasteiger partial charge in [-0.05, 0) is 69.2 Å². The van der Waals surface area contributed by atoms with Crippen molar-refractivity contribution >= 4 is 55.0 Å². The number of nitrogens with zero attached hydrogens (tertiary/aromatic N) is 4. The van der Waals surface area contributed by atoms with E-state index in [-0.39, 0.29) is 0 Å². The zero-order valence-corrected chi connectivity index (χ0v) is 18.7. The monoisotopic (exact) mass is 433 g/mol. The molecule has 0 amide bonds. The molecule has 0 bridgehead atoms. The number of pyridine rings is 1. The van der Waals surface area contributed by atoms with Crippen LogP contribution in [0, 0.1) is 27.7 Å². The number of benzene rings is 2. The highest BCUT2D eigenvalue weighted by Crippen LogP contribution is 2.31. The van der Waals surface area contributed by atoms with Crippen molar-refractivity contribution < 1.29 is 0 Å². The first-order valence-electron chi connectivity index (χ1n) is 9.66. The molecular weight excluding hydrogens is 414 g/mol. The Morgan fingerprint density at radius 3 is 2.60 bits per heavy atom. The SMILES string of the molecule is Cc1cc(C)c2nc(-n3nc(C)cc3Nc3nc4ccc(Cl)cc4s3)cc(C)c2c1. The van der Waals surface area contributed by atoms with Crippen molar-refractivity contribution in [1.29, 1.82) is 0 Å². The van der Waals surface area contributed by atoms with Crippen LogP contribution in [0.3, 0.4) is 0 Å². The third-order valence-corrected chi connectivity index (χ3v) is 6.24. The number of hydrogen-bond acceptors (Lipinski definition) is 5. The van der Waals surface area contributed by atoms with E-state index in [1.54, 1.807) is 11.3 Å². The predicted molar refractivity (Wildman–Crippen MR) is 126 cm³/mol. The number of anilines is 2. The summed E-state index contributed by atoms with van der Waals surface area (Å²) in [6.45, 7) is 8.31. The van der Waals surface area contributed by atoms with Crippen molar-refractivity contribution in [3.05, 3.63) is 69.9 Å². The van der Waals surface area contributed by atoms with E-state index < -0.39 is 0 Å². The summed E-state index contributed by atoms with van der Waals surface area (Å²) < 4.78 is 2.89. The standard InChI is InChI=1S/C23H20ClN5S/c1-12-7-14(3)22-17(8-12)13(2)9-20(26-22)29-21(10-15(4)28-29)27-23-25-18-6-5-16(24)11-19(18)30-23/h5-11H,1-4H3,(H,25,27). The maximum absolute atomic E-state index is 6.12. The number of halogens is 1. The lowest BCUT2D eigenvalue weighted by atomic mass is 10.0. The number of aromatic nitrogens is 4. The van der Waals surface area contributed by atoms with E-state index in [1.165, 1.54) is 16.5 Å². The largest absolute Gasteiger partial charge is 0.316 e. The second-order valence-corrected chi connectivity index (χ2v) is 9.08. The van der Waals surface area contributed by atoms with E-state index in [9.17, 15) is 0 Å². The Balaban J connectivity index is 1.60. The average molecular weight is 434 g/mol. The number of hydrogen-bond donors (Lipinski definition) is 1. The fourth-order valence-electron chi connectivity index (χ4n) is 3.76. The highest BCUT2D eigenvalue weighted by molar-refractivity contribution is 7.22. The smallest absolute Gasteiger partial charge is 0.189 e. The lowest BCUT2D eigenvalue weighted by molar-refractivity contribution is 0.842. The molecule has 150 valence electrons. The summed E-state index contributed by atoms with van der Waals surface area (Å²) in [6, 6.07) is 14.2. The number of fused-ring (bicyclic) bond motifs is 2. The topological polar surface area (TPSA) is 55.6 Å². The molecule has 0 unspecified atom stereocenters. The first-order chi connectivity index (χ1) is 14.4. The van der Waals surface area contributed by atoms with E-state index >= 15 is 0 Å². The summed E-state index contributed by atoms with van der Waals surface area (Å²) in [7, 11) is 0. The molecule has 0 aliphatic heterocycles. The Hall–Kier alpha value is -2.96. The van der Waals surface area contributed by atoms with Gasteiger partial charge in [0.15, 0.2) is 10.9 Å². The van der Waals surface area contributed by atoms with Gasteiger partial charge in [-0.3, -0.25) is 0 Å². The van der Waals surface area contributed by atoms with Crippen LogP contribution in [0.25, 0.3) is 26.9 Å². The molecule has 0 spiro atoms. The van der Waals surface area contributed by atoms with Crippen LogP contribution in [0.2, 0.25) is 5.02 Å². The minimum Gasteiger partial charge on any atom is -0.316 e. The van der Waals surface area contributed by atoms with E-state index in [4.69, 9.17) is 16.6 Å². The highest BCUT2D eigenvalue weighted by Gasteiger charge is 2.14. The molecule has 0 fully saturated rings. The molecule has 3 heterocycles. The van der Waals surface area contributed by atoms with Gasteiger partial charge in [-0.2, -0.15) is 9.78 Å². The highest BCUT2D eigenvalue weighted by atomic mass is 35.5. The van der Waals surface area contributed by atoms with Gasteiger partial charge in [-0.15, -0.1) is 0 Å². The quantitative estimate of drug-likeness (QED) is 0.345. The molecule has 30 heavy (non-hydrogen) atoms. The van der Waals surface area contributed by atoms with Gasteiger partial charge in [0.2, 0.25) is 0 Å². The molecule has 0 atom stereocenters. The van der Waals surface area contributed by atoms with Crippen molar-refractivity contribution in [2.45, 2.75) is 27.7 Å². The molecule has 2 aromatic carbocycles. The van der Waals surface area contributed by atoms with Crippen molar-refractivity contribution in [3.63, 3.8) is 0 Å². The molecule has 5 aromatic rings. The van der Waals surface area contributed by atoms with Gasteiger partial charge in [-0.1, -0.05) is 34.6 Å². The van der Waals surface area contributed by atoms with Crippen LogP contribution in [-0.4, -0.2) is 19.7 Å². The van der Waals surface area contributed by atoms with Crippen LogP contribution in [0.1, 0.15) is 22.4 Å². The maximum Gasteiger partial charge on any atom is 0.189 e. The molecule has 5 rings (SSSR count). The van der Waals surface area contributed by atoms with Crippen LogP contribution in [0.5, 0.6) is 0 Å². The van der Waals surface area contributed by atoms with Crippen molar-refractivity contribution in [1.82, 2.24) is 19.7 Å². The van der Waals surface area contributed by atoms with Gasteiger partial charge in [0.1, 0.15) is 5.82 Å². The zero-order valence-electron chi connectivity index (χ0n) is 17.1. The van der Waals surface area contributed by atoms with E-state index in [2.05, 4.69) is 54.4 Å². The summed E-state index contributed by atoms with van der Waals surface area (Å²) in [5.74, 6) is 1.61. The molecule has 0 saturated heterocycles. The minimum atomic E-state index is 0.708. The van der Waals surface area contributed by atoms with Crippen LogP contribution >= 0.6 is 22.9 Å².